The van der Waals surface area contributed by atoms with Gasteiger partial charge in [-0.05, 0) is 36.4 Å². The molecule has 174 valence electrons. The molecule has 0 fully saturated rings. The van der Waals surface area contributed by atoms with Gasteiger partial charge in [-0.25, -0.2) is 13.5 Å². The van der Waals surface area contributed by atoms with Gasteiger partial charge in [0.1, 0.15) is 34.5 Å². The molecule has 1 N–H and O–H groups in total. The molecule has 34 heavy (non-hydrogen) atoms. The number of rotatable bonds is 6. The lowest BCUT2D eigenvalue weighted by molar-refractivity contribution is 0.102. The first-order valence-electron chi connectivity index (χ1n) is 10.2. The van der Waals surface area contributed by atoms with Crippen LogP contribution in [0.4, 0.5) is 14.5 Å². The molecule has 0 atom stereocenters. The Morgan fingerprint density at radius 2 is 1.47 bits per heavy atom. The van der Waals surface area contributed by atoms with Gasteiger partial charge in [0, 0.05) is 24.7 Å². The number of para-hydroxylation sites is 1. The number of ether oxygens (including phenoxy) is 2. The van der Waals surface area contributed by atoms with Gasteiger partial charge in [-0.3, -0.25) is 14.3 Å². The number of carbonyl (C=O) groups excluding carboxylic acids is 1. The topological polar surface area (TPSA) is 74.5 Å². The van der Waals surface area contributed by atoms with E-state index in [0.29, 0.717) is 11.4 Å². The van der Waals surface area contributed by atoms with E-state index in [4.69, 9.17) is 9.47 Å². The molecular formula is C25H21F2N3O4. The number of benzene rings is 3. The number of amides is 1. The first kappa shape index (κ1) is 22.8. The third kappa shape index (κ3) is 4.03. The molecule has 1 aromatic heterocycles. The molecular weight excluding hydrogens is 444 g/mol. The van der Waals surface area contributed by atoms with Crippen molar-refractivity contribution in [3.63, 3.8) is 0 Å². The van der Waals surface area contributed by atoms with Crippen molar-refractivity contribution in [2.45, 2.75) is 0 Å². The Hall–Kier alpha value is -4.40. The van der Waals surface area contributed by atoms with Crippen LogP contribution in [0.2, 0.25) is 0 Å². The van der Waals surface area contributed by atoms with Crippen molar-refractivity contribution in [1.82, 2.24) is 9.36 Å². The van der Waals surface area contributed by atoms with E-state index in [1.807, 2.05) is 0 Å². The van der Waals surface area contributed by atoms with E-state index in [2.05, 4.69) is 5.32 Å². The average Bonchev–Trinajstić information content (AvgIpc) is 3.08. The Bertz CT molecular complexity index is 1390. The molecule has 4 aromatic rings. The fraction of sp³-hybridized carbons (Fsp3) is 0.120. The van der Waals surface area contributed by atoms with Crippen molar-refractivity contribution in [1.29, 1.82) is 0 Å². The van der Waals surface area contributed by atoms with Crippen LogP contribution in [0.3, 0.4) is 0 Å². The summed E-state index contributed by atoms with van der Waals surface area (Å²) in [6.07, 6.45) is 0. The average molecular weight is 465 g/mol. The molecule has 0 radical (unpaired) electrons. The molecule has 0 aliphatic heterocycles. The van der Waals surface area contributed by atoms with Gasteiger partial charge in [0.05, 0.1) is 25.5 Å². The Labute approximate surface area is 193 Å². The molecule has 4 rings (SSSR count). The van der Waals surface area contributed by atoms with Gasteiger partial charge in [0.25, 0.3) is 11.5 Å². The fourth-order valence-corrected chi connectivity index (χ4v) is 3.69. The summed E-state index contributed by atoms with van der Waals surface area (Å²) >= 11 is 0. The van der Waals surface area contributed by atoms with E-state index in [1.54, 1.807) is 42.5 Å². The van der Waals surface area contributed by atoms with Crippen LogP contribution in [0, 0.1) is 11.6 Å². The number of carbonyl (C=O) groups is 1. The predicted octanol–water partition coefficient (Wildman–Crippen LogP) is 4.39. The maximum atomic E-state index is 15.1. The highest BCUT2D eigenvalue weighted by atomic mass is 19.1. The van der Waals surface area contributed by atoms with E-state index in [-0.39, 0.29) is 22.7 Å². The largest absolute Gasteiger partial charge is 0.497 e. The van der Waals surface area contributed by atoms with Crippen molar-refractivity contribution in [3.8, 4) is 28.4 Å². The standard InChI is InChI=1S/C25H21F2N3O4/c1-29-23(21-19(26)13-18(34-3)14-20(21)27)22(25(32)30(29)16-7-5-4-6-8-16)28-24(31)15-9-11-17(33-2)12-10-15/h4-14H,1-3H3,(H,28,31). The van der Waals surface area contributed by atoms with Crippen molar-refractivity contribution < 1.29 is 23.0 Å². The summed E-state index contributed by atoms with van der Waals surface area (Å²) in [5, 5.41) is 2.55. The highest BCUT2D eigenvalue weighted by molar-refractivity contribution is 6.06. The maximum absolute atomic E-state index is 15.1. The Kier molecular flexibility index (Phi) is 6.18. The summed E-state index contributed by atoms with van der Waals surface area (Å²) in [6.45, 7) is 0. The van der Waals surface area contributed by atoms with Crippen molar-refractivity contribution in [2.24, 2.45) is 7.05 Å². The molecule has 3 aromatic carbocycles. The minimum atomic E-state index is -0.947. The van der Waals surface area contributed by atoms with Crippen molar-refractivity contribution in [3.05, 3.63) is 94.3 Å². The number of aromatic nitrogens is 2. The lowest BCUT2D eigenvalue weighted by Crippen LogP contribution is -2.22. The molecule has 1 amide bonds. The second kappa shape index (κ2) is 9.22. The number of anilines is 1. The van der Waals surface area contributed by atoms with E-state index < -0.39 is 28.7 Å². The van der Waals surface area contributed by atoms with Crippen molar-refractivity contribution in [2.75, 3.05) is 19.5 Å². The number of halogens is 2. The molecule has 0 aliphatic carbocycles. The van der Waals surface area contributed by atoms with Gasteiger partial charge in [0.15, 0.2) is 0 Å². The van der Waals surface area contributed by atoms with Gasteiger partial charge in [-0.2, -0.15) is 0 Å². The van der Waals surface area contributed by atoms with Crippen LogP contribution in [-0.2, 0) is 7.05 Å². The van der Waals surface area contributed by atoms with Crippen LogP contribution in [0.25, 0.3) is 16.9 Å². The van der Waals surface area contributed by atoms with Crippen molar-refractivity contribution >= 4 is 11.6 Å². The van der Waals surface area contributed by atoms with Crippen LogP contribution >= 0.6 is 0 Å². The van der Waals surface area contributed by atoms with E-state index >= 15 is 8.78 Å². The lowest BCUT2D eigenvalue weighted by Gasteiger charge is -2.13. The molecule has 0 aliphatic rings. The molecule has 0 unspecified atom stereocenters. The number of methoxy groups -OCH3 is 2. The normalized spacial score (nSPS) is 10.7. The van der Waals surface area contributed by atoms with Crippen LogP contribution in [0.5, 0.6) is 11.5 Å². The van der Waals surface area contributed by atoms with Gasteiger partial charge in [0.2, 0.25) is 0 Å². The summed E-state index contributed by atoms with van der Waals surface area (Å²) in [7, 11) is 4.27. The number of nitrogens with one attached hydrogen (secondary N) is 1. The monoisotopic (exact) mass is 465 g/mol. The number of nitrogens with zero attached hydrogens (tertiary/aromatic N) is 2. The lowest BCUT2D eigenvalue weighted by atomic mass is 10.1. The van der Waals surface area contributed by atoms with Gasteiger partial charge < -0.3 is 14.8 Å². The predicted molar refractivity (Wildman–Crippen MR) is 124 cm³/mol. The Morgan fingerprint density at radius 1 is 0.882 bits per heavy atom. The molecule has 0 bridgehead atoms. The summed E-state index contributed by atoms with van der Waals surface area (Å²) < 4.78 is 42.7. The van der Waals surface area contributed by atoms with Crippen LogP contribution in [0.1, 0.15) is 10.4 Å². The van der Waals surface area contributed by atoms with Gasteiger partial charge in [-0.15, -0.1) is 0 Å². The third-order valence-corrected chi connectivity index (χ3v) is 5.35. The third-order valence-electron chi connectivity index (χ3n) is 5.35. The summed E-state index contributed by atoms with van der Waals surface area (Å²) in [5.74, 6) is -1.99. The minimum Gasteiger partial charge on any atom is -0.497 e. The maximum Gasteiger partial charge on any atom is 0.295 e. The van der Waals surface area contributed by atoms with Gasteiger partial charge >= 0.3 is 0 Å². The Balaban J connectivity index is 1.92. The van der Waals surface area contributed by atoms with Crippen LogP contribution < -0.4 is 20.3 Å². The van der Waals surface area contributed by atoms with Crippen LogP contribution in [-0.4, -0.2) is 29.5 Å². The number of hydrogen-bond acceptors (Lipinski definition) is 4. The SMILES string of the molecule is COc1ccc(C(=O)Nc2c(-c3c(F)cc(OC)cc3F)n(C)n(-c3ccccc3)c2=O)cc1. The molecule has 7 nitrogen and oxygen atoms in total. The fourth-order valence-electron chi connectivity index (χ4n) is 3.69. The minimum absolute atomic E-state index is 0.0185. The molecule has 0 spiro atoms. The molecule has 1 heterocycles. The highest BCUT2D eigenvalue weighted by Gasteiger charge is 2.27. The number of hydrogen-bond donors (Lipinski definition) is 1. The summed E-state index contributed by atoms with van der Waals surface area (Å²) in [5.41, 5.74) is -0.837. The quantitative estimate of drug-likeness (QED) is 0.458. The second-order valence-electron chi connectivity index (χ2n) is 7.35. The summed E-state index contributed by atoms with van der Waals surface area (Å²) in [6, 6.07) is 16.8. The van der Waals surface area contributed by atoms with Gasteiger partial charge in [-0.1, -0.05) is 18.2 Å². The van der Waals surface area contributed by atoms with E-state index in [1.165, 1.54) is 42.8 Å². The first-order valence-corrected chi connectivity index (χ1v) is 10.2. The second-order valence-corrected chi connectivity index (χ2v) is 7.35. The first-order chi connectivity index (χ1) is 16.3. The van der Waals surface area contributed by atoms with E-state index in [9.17, 15) is 9.59 Å². The van der Waals surface area contributed by atoms with Crippen LogP contribution in [0.15, 0.2) is 71.5 Å². The Morgan fingerprint density at radius 3 is 2.03 bits per heavy atom. The highest BCUT2D eigenvalue weighted by Crippen LogP contribution is 2.34. The zero-order chi connectivity index (χ0) is 24.4. The molecule has 0 saturated heterocycles. The molecule has 9 heteroatoms. The molecule has 0 saturated carbocycles. The zero-order valence-electron chi connectivity index (χ0n) is 18.6. The zero-order valence-corrected chi connectivity index (χ0v) is 18.6. The smallest absolute Gasteiger partial charge is 0.295 e. The summed E-state index contributed by atoms with van der Waals surface area (Å²) in [4.78, 5) is 26.4. The van der Waals surface area contributed by atoms with E-state index in [0.717, 1.165) is 12.1 Å².